The average molecular weight is 277 g/mol. The lowest BCUT2D eigenvalue weighted by molar-refractivity contribution is 0.0216. The molecule has 3 rings (SSSR count). The summed E-state index contributed by atoms with van der Waals surface area (Å²) < 4.78 is 0. The molecule has 2 aliphatic carbocycles. The first-order valence-corrected chi connectivity index (χ1v) is 8.98. The van der Waals surface area contributed by atoms with E-state index >= 15 is 0 Å². The molecule has 0 atom stereocenters. The Kier molecular flexibility index (Phi) is 4.28. The Morgan fingerprint density at radius 3 is 2.37 bits per heavy atom. The van der Waals surface area contributed by atoms with Crippen molar-refractivity contribution in [3.63, 3.8) is 0 Å². The maximum atomic E-state index is 2.79. The molecule has 0 unspecified atom stereocenters. The molecule has 0 bridgehead atoms. The second-order valence-corrected chi connectivity index (χ2v) is 7.42. The third kappa shape index (κ3) is 2.62. The van der Waals surface area contributed by atoms with Crippen molar-refractivity contribution >= 4 is 11.3 Å². The monoisotopic (exact) mass is 277 g/mol. The number of hydrogen-bond donors (Lipinski definition) is 0. The van der Waals surface area contributed by atoms with Crippen LogP contribution in [-0.4, -0.2) is 18.0 Å². The van der Waals surface area contributed by atoms with Crippen molar-refractivity contribution in [2.45, 2.75) is 75.8 Å². The number of hydrogen-bond acceptors (Lipinski definition) is 2. The highest BCUT2D eigenvalue weighted by Gasteiger charge is 2.41. The Morgan fingerprint density at radius 1 is 1.05 bits per heavy atom. The van der Waals surface area contributed by atoms with Gasteiger partial charge in [0, 0.05) is 10.9 Å². The summed E-state index contributed by atoms with van der Waals surface area (Å²) in [4.78, 5) is 4.41. The van der Waals surface area contributed by atoms with E-state index in [9.17, 15) is 0 Å². The van der Waals surface area contributed by atoms with E-state index in [-0.39, 0.29) is 0 Å². The lowest BCUT2D eigenvalue weighted by Crippen LogP contribution is -2.50. The summed E-state index contributed by atoms with van der Waals surface area (Å²) in [5, 5.41) is 2.26. The minimum atomic E-state index is 0.369. The summed E-state index contributed by atoms with van der Waals surface area (Å²) in [6.45, 7) is 0. The first-order chi connectivity index (χ1) is 9.33. The Bertz CT molecular complexity index is 372. The van der Waals surface area contributed by atoms with Gasteiger partial charge in [-0.2, -0.15) is 0 Å². The van der Waals surface area contributed by atoms with E-state index in [1.807, 2.05) is 11.3 Å². The molecule has 1 aromatic rings. The molecule has 0 amide bonds. The number of thiophene rings is 1. The maximum Gasteiger partial charge on any atom is 0.0553 e. The summed E-state index contributed by atoms with van der Waals surface area (Å²) in [5.74, 6) is 0. The fraction of sp³-hybridized carbons (Fsp3) is 0.765. The van der Waals surface area contributed by atoms with Gasteiger partial charge in [-0.3, -0.25) is 4.90 Å². The van der Waals surface area contributed by atoms with Crippen molar-refractivity contribution in [3.05, 3.63) is 22.4 Å². The standard InChI is InChI=1S/C17H27NS/c1-18(15-9-4-2-5-10-15)17(12-6-3-7-13-17)16-11-8-14-19-16/h8,11,14-15H,2-7,9-10,12-13H2,1H3. The predicted octanol–water partition coefficient (Wildman–Crippen LogP) is 5.17. The normalized spacial score (nSPS) is 24.7. The minimum absolute atomic E-state index is 0.369. The van der Waals surface area contributed by atoms with Crippen LogP contribution in [0.15, 0.2) is 17.5 Å². The van der Waals surface area contributed by atoms with Crippen LogP contribution in [-0.2, 0) is 5.54 Å². The molecule has 1 aromatic heterocycles. The van der Waals surface area contributed by atoms with E-state index in [0.717, 1.165) is 6.04 Å². The summed E-state index contributed by atoms with van der Waals surface area (Å²) in [7, 11) is 2.42. The molecular formula is C17H27NS. The van der Waals surface area contributed by atoms with Crippen molar-refractivity contribution in [3.8, 4) is 0 Å². The molecule has 2 saturated carbocycles. The van der Waals surface area contributed by atoms with Crippen molar-refractivity contribution in [2.24, 2.45) is 0 Å². The van der Waals surface area contributed by atoms with Gasteiger partial charge < -0.3 is 0 Å². The van der Waals surface area contributed by atoms with Gasteiger partial charge in [-0.05, 0) is 44.2 Å². The summed E-state index contributed by atoms with van der Waals surface area (Å²) in [6.07, 6.45) is 14.2. The lowest BCUT2D eigenvalue weighted by Gasteiger charge is -2.49. The Balaban J connectivity index is 1.85. The fourth-order valence-electron chi connectivity index (χ4n) is 4.27. The second kappa shape index (κ2) is 5.97. The minimum Gasteiger partial charge on any atom is -0.293 e. The molecule has 0 aromatic carbocycles. The summed E-state index contributed by atoms with van der Waals surface area (Å²) >= 11 is 1.98. The third-order valence-electron chi connectivity index (χ3n) is 5.46. The van der Waals surface area contributed by atoms with Gasteiger partial charge in [0.25, 0.3) is 0 Å². The fourth-order valence-corrected chi connectivity index (χ4v) is 5.30. The van der Waals surface area contributed by atoms with Crippen LogP contribution in [0.4, 0.5) is 0 Å². The van der Waals surface area contributed by atoms with Crippen LogP contribution in [0.3, 0.4) is 0 Å². The smallest absolute Gasteiger partial charge is 0.0553 e. The third-order valence-corrected chi connectivity index (χ3v) is 6.52. The van der Waals surface area contributed by atoms with Gasteiger partial charge in [-0.25, -0.2) is 0 Å². The Hall–Kier alpha value is -0.340. The molecule has 2 fully saturated rings. The molecule has 2 aliphatic rings. The molecule has 1 heterocycles. The van der Waals surface area contributed by atoms with Crippen molar-refractivity contribution in [1.29, 1.82) is 0 Å². The maximum absolute atomic E-state index is 2.79. The predicted molar refractivity (Wildman–Crippen MR) is 83.7 cm³/mol. The summed E-state index contributed by atoms with van der Waals surface area (Å²) in [6, 6.07) is 5.45. The second-order valence-electron chi connectivity index (χ2n) is 6.47. The highest BCUT2D eigenvalue weighted by Crippen LogP contribution is 2.45. The number of rotatable bonds is 3. The van der Waals surface area contributed by atoms with Crippen LogP contribution >= 0.6 is 11.3 Å². The summed E-state index contributed by atoms with van der Waals surface area (Å²) in [5.41, 5.74) is 0.369. The highest BCUT2D eigenvalue weighted by molar-refractivity contribution is 7.10. The van der Waals surface area contributed by atoms with Crippen LogP contribution < -0.4 is 0 Å². The molecule has 0 spiro atoms. The molecule has 0 N–H and O–H groups in total. The number of nitrogens with zero attached hydrogens (tertiary/aromatic N) is 1. The molecular weight excluding hydrogens is 250 g/mol. The van der Waals surface area contributed by atoms with E-state index < -0.39 is 0 Å². The SMILES string of the molecule is CN(C1CCCCC1)C1(c2cccs2)CCCCC1. The van der Waals surface area contributed by atoms with Gasteiger partial charge in [0.15, 0.2) is 0 Å². The Labute approximate surface area is 122 Å². The Morgan fingerprint density at radius 2 is 1.74 bits per heavy atom. The van der Waals surface area contributed by atoms with Gasteiger partial charge in [0.1, 0.15) is 0 Å². The average Bonchev–Trinajstić information content (AvgIpc) is 3.03. The zero-order valence-electron chi connectivity index (χ0n) is 12.2. The van der Waals surface area contributed by atoms with Crippen LogP contribution in [0.25, 0.3) is 0 Å². The van der Waals surface area contributed by atoms with Crippen LogP contribution in [0.1, 0.15) is 69.1 Å². The van der Waals surface area contributed by atoms with E-state index in [2.05, 4.69) is 29.5 Å². The van der Waals surface area contributed by atoms with E-state index in [1.165, 1.54) is 64.2 Å². The van der Waals surface area contributed by atoms with Crippen molar-refractivity contribution in [2.75, 3.05) is 7.05 Å². The first-order valence-electron chi connectivity index (χ1n) is 8.10. The van der Waals surface area contributed by atoms with E-state index in [1.54, 1.807) is 4.88 Å². The van der Waals surface area contributed by atoms with Crippen LogP contribution in [0.5, 0.6) is 0 Å². The van der Waals surface area contributed by atoms with Gasteiger partial charge in [-0.15, -0.1) is 11.3 Å². The molecule has 0 saturated heterocycles. The van der Waals surface area contributed by atoms with E-state index in [4.69, 9.17) is 0 Å². The molecule has 106 valence electrons. The quantitative estimate of drug-likeness (QED) is 0.736. The molecule has 0 aliphatic heterocycles. The molecule has 0 radical (unpaired) electrons. The highest BCUT2D eigenvalue weighted by atomic mass is 32.1. The van der Waals surface area contributed by atoms with Gasteiger partial charge in [0.05, 0.1) is 5.54 Å². The lowest BCUT2D eigenvalue weighted by atomic mass is 9.77. The molecule has 1 nitrogen and oxygen atoms in total. The van der Waals surface area contributed by atoms with Crippen molar-refractivity contribution in [1.82, 2.24) is 4.90 Å². The largest absolute Gasteiger partial charge is 0.293 e. The zero-order chi connectivity index (χ0) is 13.1. The van der Waals surface area contributed by atoms with Crippen LogP contribution in [0, 0.1) is 0 Å². The molecule has 2 heteroatoms. The van der Waals surface area contributed by atoms with E-state index in [0.29, 0.717) is 5.54 Å². The van der Waals surface area contributed by atoms with Gasteiger partial charge in [-0.1, -0.05) is 44.6 Å². The first kappa shape index (κ1) is 13.6. The topological polar surface area (TPSA) is 3.24 Å². The van der Waals surface area contributed by atoms with Crippen molar-refractivity contribution < 1.29 is 0 Å². The molecule has 19 heavy (non-hydrogen) atoms. The van der Waals surface area contributed by atoms with Gasteiger partial charge in [0.2, 0.25) is 0 Å². The van der Waals surface area contributed by atoms with Crippen LogP contribution in [0.2, 0.25) is 0 Å². The van der Waals surface area contributed by atoms with Gasteiger partial charge >= 0.3 is 0 Å². The zero-order valence-corrected chi connectivity index (χ0v) is 13.1.